The molecule has 116 valence electrons. The average molecular weight is 343 g/mol. The Morgan fingerprint density at radius 3 is 2.74 bits per heavy atom. The Balaban J connectivity index is 1.82. The molecule has 2 aromatic rings. The van der Waals surface area contributed by atoms with Crippen molar-refractivity contribution in [2.24, 2.45) is 4.99 Å². The fourth-order valence-corrected chi connectivity index (χ4v) is 4.56. The summed E-state index contributed by atoms with van der Waals surface area (Å²) in [6, 6.07) is 15.7. The zero-order valence-corrected chi connectivity index (χ0v) is 14.2. The van der Waals surface area contributed by atoms with Gasteiger partial charge in [0.05, 0.1) is 12.2 Å². The van der Waals surface area contributed by atoms with Crippen molar-refractivity contribution in [3.63, 3.8) is 0 Å². The van der Waals surface area contributed by atoms with Gasteiger partial charge < -0.3 is 4.90 Å². The van der Waals surface area contributed by atoms with E-state index in [4.69, 9.17) is 16.6 Å². The number of benzene rings is 2. The lowest BCUT2D eigenvalue weighted by Gasteiger charge is -2.20. The summed E-state index contributed by atoms with van der Waals surface area (Å²) in [6.07, 6.45) is 0. The van der Waals surface area contributed by atoms with E-state index in [1.54, 1.807) is 11.8 Å². The van der Waals surface area contributed by atoms with Crippen molar-refractivity contribution in [3.8, 4) is 0 Å². The van der Waals surface area contributed by atoms with Crippen LogP contribution < -0.4 is 4.90 Å². The summed E-state index contributed by atoms with van der Waals surface area (Å²) in [5.74, 6) is 0.803. The number of thioether (sulfide) groups is 1. The van der Waals surface area contributed by atoms with Crippen LogP contribution in [0.4, 0.5) is 5.69 Å². The first-order valence-electron chi connectivity index (χ1n) is 7.45. The van der Waals surface area contributed by atoms with E-state index in [9.17, 15) is 4.79 Å². The van der Waals surface area contributed by atoms with Crippen LogP contribution in [0.1, 0.15) is 18.1 Å². The molecule has 2 aromatic carbocycles. The van der Waals surface area contributed by atoms with E-state index in [1.165, 1.54) is 0 Å². The number of aliphatic imine (C=N–C) groups is 1. The number of amides is 1. The van der Waals surface area contributed by atoms with Gasteiger partial charge in [-0.2, -0.15) is 0 Å². The van der Waals surface area contributed by atoms with Crippen molar-refractivity contribution in [2.75, 3.05) is 10.7 Å². The molecule has 0 saturated heterocycles. The summed E-state index contributed by atoms with van der Waals surface area (Å²) >= 11 is 7.77. The first-order valence-corrected chi connectivity index (χ1v) is 8.82. The van der Waals surface area contributed by atoms with Crippen molar-refractivity contribution in [1.82, 2.24) is 0 Å². The molecule has 1 spiro atoms. The monoisotopic (exact) mass is 342 g/mol. The van der Waals surface area contributed by atoms with Gasteiger partial charge >= 0.3 is 0 Å². The van der Waals surface area contributed by atoms with Crippen molar-refractivity contribution in [2.45, 2.75) is 18.3 Å². The molecule has 1 atom stereocenters. The molecule has 3 nitrogen and oxygen atoms in total. The van der Waals surface area contributed by atoms with E-state index in [0.29, 0.717) is 11.6 Å². The largest absolute Gasteiger partial charge is 0.304 e. The lowest BCUT2D eigenvalue weighted by molar-refractivity contribution is -0.120. The number of rotatable bonds is 2. The van der Waals surface area contributed by atoms with Crippen LogP contribution in [0.3, 0.4) is 0 Å². The molecular formula is C18H15ClN2OS. The van der Waals surface area contributed by atoms with E-state index in [0.717, 1.165) is 28.3 Å². The van der Waals surface area contributed by atoms with Gasteiger partial charge in [-0.15, -0.1) is 11.8 Å². The van der Waals surface area contributed by atoms with Gasteiger partial charge in [0, 0.05) is 22.1 Å². The first kappa shape index (κ1) is 14.8. The second kappa shape index (κ2) is 5.39. The highest BCUT2D eigenvalue weighted by Gasteiger charge is 2.53. The molecule has 0 radical (unpaired) electrons. The van der Waals surface area contributed by atoms with Gasteiger partial charge in [-0.1, -0.05) is 41.9 Å². The van der Waals surface area contributed by atoms with Crippen LogP contribution in [0.5, 0.6) is 0 Å². The van der Waals surface area contributed by atoms with Crippen molar-refractivity contribution in [3.05, 3.63) is 64.7 Å². The number of carbonyl (C=O) groups is 1. The highest BCUT2D eigenvalue weighted by atomic mass is 35.5. The van der Waals surface area contributed by atoms with Crippen molar-refractivity contribution < 1.29 is 4.79 Å². The van der Waals surface area contributed by atoms with E-state index < -0.39 is 4.87 Å². The first-order chi connectivity index (χ1) is 11.1. The molecule has 5 heteroatoms. The Bertz CT molecular complexity index is 821. The summed E-state index contributed by atoms with van der Waals surface area (Å²) in [5, 5.41) is 0.637. The number of carbonyl (C=O) groups excluding carboxylic acids is 1. The highest BCUT2D eigenvalue weighted by molar-refractivity contribution is 8.02. The highest BCUT2D eigenvalue weighted by Crippen LogP contribution is 2.53. The molecule has 0 aromatic heterocycles. The predicted molar refractivity (Wildman–Crippen MR) is 96.3 cm³/mol. The Kier molecular flexibility index (Phi) is 3.47. The molecule has 2 heterocycles. The van der Waals surface area contributed by atoms with Gasteiger partial charge in [-0.25, -0.2) is 0 Å². The third-order valence-electron chi connectivity index (χ3n) is 4.17. The van der Waals surface area contributed by atoms with E-state index >= 15 is 0 Å². The Morgan fingerprint density at radius 2 is 2.04 bits per heavy atom. The number of halogens is 1. The van der Waals surface area contributed by atoms with Crippen LogP contribution in [0.15, 0.2) is 53.5 Å². The summed E-state index contributed by atoms with van der Waals surface area (Å²) in [6.45, 7) is 2.52. The smallest absolute Gasteiger partial charge is 0.270 e. The van der Waals surface area contributed by atoms with Crippen LogP contribution in [0, 0.1) is 0 Å². The van der Waals surface area contributed by atoms with E-state index in [1.807, 2.05) is 60.4 Å². The SMILES string of the molecule is CC1=NC2(SC1)C(=O)N(Cc1ccccc1)c1ccc(Cl)cc12. The minimum absolute atomic E-state index is 0.0282. The van der Waals surface area contributed by atoms with Gasteiger partial charge in [0.1, 0.15) is 0 Å². The molecule has 0 aliphatic carbocycles. The summed E-state index contributed by atoms with van der Waals surface area (Å²) in [7, 11) is 0. The standard InChI is InChI=1S/C18H15ClN2OS/c1-12-11-23-18(20-12)15-9-14(19)7-8-16(15)21(17(18)22)10-13-5-3-2-4-6-13/h2-9H,10-11H2,1H3. The molecule has 2 aliphatic rings. The van der Waals surface area contributed by atoms with Crippen LogP contribution in [-0.4, -0.2) is 17.4 Å². The van der Waals surface area contributed by atoms with Crippen molar-refractivity contribution >= 4 is 40.7 Å². The molecule has 0 fully saturated rings. The molecule has 1 unspecified atom stereocenters. The van der Waals surface area contributed by atoms with Crippen LogP contribution in [-0.2, 0) is 16.2 Å². The van der Waals surface area contributed by atoms with Gasteiger partial charge in [0.2, 0.25) is 4.87 Å². The molecular weight excluding hydrogens is 328 g/mol. The maximum Gasteiger partial charge on any atom is 0.270 e. The molecule has 1 amide bonds. The van der Waals surface area contributed by atoms with Crippen LogP contribution in [0.2, 0.25) is 5.02 Å². The maximum absolute atomic E-state index is 13.2. The van der Waals surface area contributed by atoms with Gasteiger partial charge in [0.15, 0.2) is 0 Å². The zero-order chi connectivity index (χ0) is 16.0. The fourth-order valence-electron chi connectivity index (χ4n) is 3.14. The van der Waals surface area contributed by atoms with E-state index in [-0.39, 0.29) is 5.91 Å². The summed E-state index contributed by atoms with van der Waals surface area (Å²) in [4.78, 5) is 18.9. The maximum atomic E-state index is 13.2. The number of nitrogens with zero attached hydrogens (tertiary/aromatic N) is 2. The third kappa shape index (κ3) is 2.28. The van der Waals surface area contributed by atoms with Gasteiger partial charge in [-0.3, -0.25) is 9.79 Å². The molecule has 0 N–H and O–H groups in total. The molecule has 23 heavy (non-hydrogen) atoms. The predicted octanol–water partition coefficient (Wildman–Crippen LogP) is 4.25. The van der Waals surface area contributed by atoms with Crippen molar-refractivity contribution in [1.29, 1.82) is 0 Å². The van der Waals surface area contributed by atoms with E-state index in [2.05, 4.69) is 0 Å². The lowest BCUT2D eigenvalue weighted by Crippen LogP contribution is -2.35. The lowest BCUT2D eigenvalue weighted by atomic mass is 10.1. The minimum atomic E-state index is -0.848. The molecule has 0 saturated carbocycles. The van der Waals surface area contributed by atoms with Crippen LogP contribution in [0.25, 0.3) is 0 Å². The second-order valence-electron chi connectivity index (χ2n) is 5.82. The third-order valence-corrected chi connectivity index (χ3v) is 5.87. The normalized spacial score (nSPS) is 22.6. The quantitative estimate of drug-likeness (QED) is 0.817. The topological polar surface area (TPSA) is 32.7 Å². The Labute approximate surface area is 144 Å². The molecule has 0 bridgehead atoms. The van der Waals surface area contributed by atoms with Gasteiger partial charge in [-0.05, 0) is 30.7 Å². The number of anilines is 1. The molecule has 4 rings (SSSR count). The van der Waals surface area contributed by atoms with Crippen LogP contribution >= 0.6 is 23.4 Å². The number of fused-ring (bicyclic) bond motifs is 2. The fraction of sp³-hybridized carbons (Fsp3) is 0.222. The minimum Gasteiger partial charge on any atom is -0.304 e. The Hall–Kier alpha value is -1.78. The zero-order valence-electron chi connectivity index (χ0n) is 12.6. The Morgan fingerprint density at radius 1 is 1.26 bits per heavy atom. The number of hydrogen-bond donors (Lipinski definition) is 0. The summed E-state index contributed by atoms with van der Waals surface area (Å²) < 4.78 is 0. The molecule has 2 aliphatic heterocycles. The summed E-state index contributed by atoms with van der Waals surface area (Å²) in [5.41, 5.74) is 3.92. The average Bonchev–Trinajstić information content (AvgIpc) is 3.04. The van der Waals surface area contributed by atoms with Gasteiger partial charge in [0.25, 0.3) is 5.91 Å². The number of hydrogen-bond acceptors (Lipinski definition) is 3. The second-order valence-corrected chi connectivity index (χ2v) is 7.42.